The summed E-state index contributed by atoms with van der Waals surface area (Å²) in [5, 5.41) is 11.0. The third-order valence-corrected chi connectivity index (χ3v) is 4.82. The van der Waals surface area contributed by atoms with Crippen molar-refractivity contribution in [2.24, 2.45) is 0 Å². The van der Waals surface area contributed by atoms with Gasteiger partial charge in [-0.1, -0.05) is 31.5 Å². The van der Waals surface area contributed by atoms with Crippen LogP contribution in [0.3, 0.4) is 0 Å². The molecule has 1 N–H and O–H groups in total. The number of ether oxygens (including phenoxy) is 1. The zero-order chi connectivity index (χ0) is 21.0. The molecule has 2 aromatic rings. The summed E-state index contributed by atoms with van der Waals surface area (Å²) in [4.78, 5) is 31.3. The van der Waals surface area contributed by atoms with E-state index in [2.05, 4.69) is 4.98 Å². The van der Waals surface area contributed by atoms with E-state index in [0.29, 0.717) is 23.4 Å². The normalized spacial score (nSPS) is 18.5. The van der Waals surface area contributed by atoms with Gasteiger partial charge in [-0.25, -0.2) is 0 Å². The van der Waals surface area contributed by atoms with Gasteiger partial charge in [0.1, 0.15) is 11.5 Å². The van der Waals surface area contributed by atoms with Crippen molar-refractivity contribution in [2.45, 2.75) is 45.8 Å². The summed E-state index contributed by atoms with van der Waals surface area (Å²) in [7, 11) is 0. The average Bonchev–Trinajstić information content (AvgIpc) is 2.97. The number of aliphatic hydroxyl groups excluding tert-OH is 1. The molecule has 1 unspecified atom stereocenters. The van der Waals surface area contributed by atoms with Crippen molar-refractivity contribution >= 4 is 17.4 Å². The fourth-order valence-electron chi connectivity index (χ4n) is 3.50. The predicted octanol–water partition coefficient (Wildman–Crippen LogP) is 4.09. The van der Waals surface area contributed by atoms with Crippen molar-refractivity contribution < 1.29 is 19.4 Å². The van der Waals surface area contributed by atoms with E-state index >= 15 is 0 Å². The summed E-state index contributed by atoms with van der Waals surface area (Å²) < 4.78 is 5.95. The molecule has 29 heavy (non-hydrogen) atoms. The molecule has 1 aromatic heterocycles. The highest BCUT2D eigenvalue weighted by atomic mass is 16.5. The van der Waals surface area contributed by atoms with Gasteiger partial charge >= 0.3 is 0 Å². The highest BCUT2D eigenvalue weighted by Crippen LogP contribution is 2.42. The van der Waals surface area contributed by atoms with Crippen LogP contribution in [-0.2, 0) is 9.59 Å². The van der Waals surface area contributed by atoms with Crippen molar-refractivity contribution in [1.29, 1.82) is 0 Å². The number of aromatic nitrogens is 1. The lowest BCUT2D eigenvalue weighted by Gasteiger charge is -2.27. The van der Waals surface area contributed by atoms with Crippen LogP contribution in [0.2, 0.25) is 0 Å². The minimum Gasteiger partial charge on any atom is -0.507 e. The Labute approximate surface area is 170 Å². The lowest BCUT2D eigenvalue weighted by atomic mass is 9.94. The zero-order valence-corrected chi connectivity index (χ0v) is 17.0. The summed E-state index contributed by atoms with van der Waals surface area (Å²) in [6.45, 7) is 6.29. The Kier molecular flexibility index (Phi) is 6.32. The van der Waals surface area contributed by atoms with Crippen molar-refractivity contribution in [3.8, 4) is 5.75 Å². The molecule has 1 aliphatic rings. The summed E-state index contributed by atoms with van der Waals surface area (Å²) >= 11 is 0. The Morgan fingerprint density at radius 2 is 1.86 bits per heavy atom. The van der Waals surface area contributed by atoms with Gasteiger partial charge in [0, 0.05) is 30.1 Å². The van der Waals surface area contributed by atoms with Gasteiger partial charge in [-0.2, -0.15) is 0 Å². The molecule has 0 bridgehead atoms. The Morgan fingerprint density at radius 3 is 2.52 bits per heavy atom. The molecule has 0 saturated carbocycles. The molecule has 152 valence electrons. The van der Waals surface area contributed by atoms with Crippen LogP contribution < -0.4 is 4.74 Å². The number of amides is 1. The summed E-state index contributed by atoms with van der Waals surface area (Å²) in [6.07, 6.45) is 4.63. The molecule has 1 aliphatic heterocycles. The van der Waals surface area contributed by atoms with Crippen LogP contribution in [0.15, 0.2) is 54.4 Å². The summed E-state index contributed by atoms with van der Waals surface area (Å²) in [5.41, 5.74) is 1.21. The highest BCUT2D eigenvalue weighted by molar-refractivity contribution is 6.46. The maximum absolute atomic E-state index is 12.9. The van der Waals surface area contributed by atoms with E-state index in [4.69, 9.17) is 4.74 Å². The number of rotatable bonds is 7. The first-order valence-corrected chi connectivity index (χ1v) is 9.90. The molecule has 1 fully saturated rings. The maximum atomic E-state index is 12.9. The fourth-order valence-corrected chi connectivity index (χ4v) is 3.50. The maximum Gasteiger partial charge on any atom is 0.295 e. The lowest BCUT2D eigenvalue weighted by molar-refractivity contribution is -0.139. The Hall–Kier alpha value is -3.15. The highest BCUT2D eigenvalue weighted by Gasteiger charge is 2.46. The van der Waals surface area contributed by atoms with Gasteiger partial charge in [0.2, 0.25) is 0 Å². The first kappa shape index (κ1) is 20.6. The molecule has 0 spiro atoms. The van der Waals surface area contributed by atoms with Crippen molar-refractivity contribution in [1.82, 2.24) is 9.88 Å². The van der Waals surface area contributed by atoms with Crippen molar-refractivity contribution in [2.75, 3.05) is 6.54 Å². The number of hydrogen-bond acceptors (Lipinski definition) is 5. The quantitative estimate of drug-likeness (QED) is 0.435. The molecular formula is C23H26N2O4. The number of hydrogen-bond donors (Lipinski definition) is 1. The fraction of sp³-hybridized carbons (Fsp3) is 0.348. The number of carbonyl (C=O) groups excluding carboxylic acids is 2. The van der Waals surface area contributed by atoms with Gasteiger partial charge in [0.05, 0.1) is 17.7 Å². The zero-order valence-electron chi connectivity index (χ0n) is 17.0. The monoisotopic (exact) mass is 394 g/mol. The van der Waals surface area contributed by atoms with Crippen LogP contribution in [-0.4, -0.2) is 39.3 Å². The van der Waals surface area contributed by atoms with E-state index in [1.165, 1.54) is 12.4 Å². The number of carbonyl (C=O) groups is 2. The number of nitrogens with zero attached hydrogens (tertiary/aromatic N) is 2. The number of unbranched alkanes of at least 4 members (excludes halogenated alkanes) is 1. The molecule has 6 nitrogen and oxygen atoms in total. The predicted molar refractivity (Wildman–Crippen MR) is 110 cm³/mol. The first-order valence-electron chi connectivity index (χ1n) is 9.90. The Morgan fingerprint density at radius 1 is 1.17 bits per heavy atom. The van der Waals surface area contributed by atoms with E-state index in [0.717, 1.165) is 12.8 Å². The van der Waals surface area contributed by atoms with Gasteiger partial charge < -0.3 is 14.7 Å². The summed E-state index contributed by atoms with van der Waals surface area (Å²) in [5.74, 6) is -0.885. The number of ketones is 1. The molecule has 1 atom stereocenters. The first-order chi connectivity index (χ1) is 14.0. The van der Waals surface area contributed by atoms with Gasteiger partial charge in [-0.3, -0.25) is 14.6 Å². The second-order valence-electron chi connectivity index (χ2n) is 7.29. The Balaban J connectivity index is 2.19. The van der Waals surface area contributed by atoms with Crippen LogP contribution in [0, 0.1) is 0 Å². The largest absolute Gasteiger partial charge is 0.507 e. The van der Waals surface area contributed by atoms with E-state index in [1.807, 2.05) is 45.0 Å². The Bertz CT molecular complexity index is 921. The second kappa shape index (κ2) is 8.90. The second-order valence-corrected chi connectivity index (χ2v) is 7.29. The molecule has 3 rings (SSSR count). The minimum absolute atomic E-state index is 0.0747. The molecule has 0 aliphatic carbocycles. The van der Waals surface area contributed by atoms with Crippen LogP contribution in [0.1, 0.15) is 50.8 Å². The molecule has 1 amide bonds. The van der Waals surface area contributed by atoms with E-state index < -0.39 is 17.7 Å². The topological polar surface area (TPSA) is 79.7 Å². The molecular weight excluding hydrogens is 368 g/mol. The van der Waals surface area contributed by atoms with Crippen LogP contribution in [0.25, 0.3) is 5.76 Å². The lowest BCUT2D eigenvalue weighted by Crippen LogP contribution is -2.31. The molecule has 6 heteroatoms. The SMILES string of the molecule is CCCCN1C(=O)C(=O)/C(=C(\O)c2ccncc2)C1c1ccccc1OC(C)C. The van der Waals surface area contributed by atoms with E-state index in [1.54, 1.807) is 17.0 Å². The van der Waals surface area contributed by atoms with E-state index in [9.17, 15) is 14.7 Å². The minimum atomic E-state index is -0.704. The third kappa shape index (κ3) is 4.16. The van der Waals surface area contributed by atoms with Crippen LogP contribution >= 0.6 is 0 Å². The molecule has 0 radical (unpaired) electrons. The smallest absolute Gasteiger partial charge is 0.295 e. The standard InChI is InChI=1S/C23H26N2O4/c1-4-5-14-25-20(17-8-6-7-9-18(17)29-15(2)3)19(22(27)23(25)28)21(26)16-10-12-24-13-11-16/h6-13,15,20,26H,4-5,14H2,1-3H3/b21-19-. The number of para-hydroxylation sites is 1. The number of likely N-dealkylation sites (tertiary alicyclic amines) is 1. The molecule has 1 aromatic carbocycles. The van der Waals surface area contributed by atoms with Gasteiger partial charge in [0.25, 0.3) is 11.7 Å². The van der Waals surface area contributed by atoms with Crippen LogP contribution in [0.5, 0.6) is 5.75 Å². The average molecular weight is 394 g/mol. The van der Waals surface area contributed by atoms with Crippen LogP contribution in [0.4, 0.5) is 0 Å². The molecule has 1 saturated heterocycles. The van der Waals surface area contributed by atoms with Gasteiger partial charge in [-0.15, -0.1) is 0 Å². The summed E-state index contributed by atoms with van der Waals surface area (Å²) in [6, 6.07) is 9.88. The van der Waals surface area contributed by atoms with Crippen molar-refractivity contribution in [3.05, 3.63) is 65.5 Å². The number of pyridine rings is 1. The van der Waals surface area contributed by atoms with Gasteiger partial charge in [-0.05, 0) is 38.5 Å². The molecule has 2 heterocycles. The third-order valence-electron chi connectivity index (χ3n) is 4.82. The van der Waals surface area contributed by atoms with E-state index in [-0.39, 0.29) is 17.4 Å². The van der Waals surface area contributed by atoms with Crippen molar-refractivity contribution in [3.63, 3.8) is 0 Å². The number of Topliss-reactive ketones (excluding diaryl/α,β-unsaturated/α-hetero) is 1. The number of aliphatic hydroxyl groups is 1. The number of benzene rings is 1. The van der Waals surface area contributed by atoms with Gasteiger partial charge in [0.15, 0.2) is 0 Å².